The predicted molar refractivity (Wildman–Crippen MR) is 136 cm³/mol. The van der Waals surface area contributed by atoms with E-state index in [0.717, 1.165) is 52.0 Å². The highest BCUT2D eigenvalue weighted by Gasteiger charge is 2.21. The Hall–Kier alpha value is -2.16. The summed E-state index contributed by atoms with van der Waals surface area (Å²) in [5.41, 5.74) is 2.66. The minimum absolute atomic E-state index is 0.0959. The van der Waals surface area contributed by atoms with Gasteiger partial charge in [0.15, 0.2) is 5.13 Å². The molecule has 2 amide bonds. The Morgan fingerprint density at radius 3 is 2.44 bits per heavy atom. The molecule has 1 aliphatic carbocycles. The van der Waals surface area contributed by atoms with Crippen LogP contribution in [0.2, 0.25) is 0 Å². The first-order chi connectivity index (χ1) is 15.6. The highest BCUT2D eigenvalue weighted by molar-refractivity contribution is 9.10. The molecule has 8 heteroatoms. The van der Waals surface area contributed by atoms with Gasteiger partial charge in [-0.2, -0.15) is 0 Å². The highest BCUT2D eigenvalue weighted by Crippen LogP contribution is 2.28. The Morgan fingerprint density at radius 1 is 1.00 bits per heavy atom. The summed E-state index contributed by atoms with van der Waals surface area (Å²) in [6, 6.07) is 15.6. The third-order valence-electron chi connectivity index (χ3n) is 5.36. The second-order valence-corrected chi connectivity index (χ2v) is 10.6. The van der Waals surface area contributed by atoms with Crippen molar-refractivity contribution in [3.63, 3.8) is 0 Å². The van der Waals surface area contributed by atoms with Gasteiger partial charge in [-0.1, -0.05) is 47.3 Å². The van der Waals surface area contributed by atoms with Crippen LogP contribution in [-0.2, 0) is 9.59 Å². The molecule has 0 spiro atoms. The van der Waals surface area contributed by atoms with Gasteiger partial charge in [0.25, 0.3) is 0 Å². The first-order valence-corrected chi connectivity index (χ1v) is 13.3. The van der Waals surface area contributed by atoms with Crippen LogP contribution in [0, 0.1) is 5.92 Å². The van der Waals surface area contributed by atoms with Crippen LogP contribution in [0.3, 0.4) is 0 Å². The molecule has 0 saturated heterocycles. The topological polar surface area (TPSA) is 71.1 Å². The van der Waals surface area contributed by atoms with Crippen LogP contribution in [0.25, 0.3) is 11.3 Å². The molecule has 3 aromatic rings. The number of anilines is 2. The molecular formula is C24H24BrN3O2S2. The number of hydrogen-bond donors (Lipinski definition) is 2. The summed E-state index contributed by atoms with van der Waals surface area (Å²) in [4.78, 5) is 30.2. The van der Waals surface area contributed by atoms with E-state index in [1.807, 2.05) is 53.9 Å². The number of thioether (sulfide) groups is 1. The van der Waals surface area contributed by atoms with Gasteiger partial charge < -0.3 is 10.6 Å². The summed E-state index contributed by atoms with van der Waals surface area (Å²) >= 11 is 6.30. The van der Waals surface area contributed by atoms with Gasteiger partial charge >= 0.3 is 0 Å². The largest absolute Gasteiger partial charge is 0.326 e. The molecule has 5 nitrogen and oxygen atoms in total. The predicted octanol–water partition coefficient (Wildman–Crippen LogP) is 6.82. The van der Waals surface area contributed by atoms with E-state index >= 15 is 0 Å². The molecule has 2 aromatic carbocycles. The molecule has 1 saturated carbocycles. The smallest absolute Gasteiger partial charge is 0.236 e. The van der Waals surface area contributed by atoms with Crippen LogP contribution in [0.5, 0.6) is 0 Å². The molecule has 1 fully saturated rings. The minimum atomic E-state index is -0.0959. The molecule has 0 radical (unpaired) electrons. The van der Waals surface area contributed by atoms with E-state index in [2.05, 4.69) is 31.5 Å². The first kappa shape index (κ1) is 23.0. The van der Waals surface area contributed by atoms with Crippen molar-refractivity contribution in [1.29, 1.82) is 0 Å². The van der Waals surface area contributed by atoms with E-state index in [-0.39, 0.29) is 17.7 Å². The maximum absolute atomic E-state index is 12.4. The Kier molecular flexibility index (Phi) is 8.00. The molecule has 4 rings (SSSR count). The maximum atomic E-state index is 12.4. The zero-order chi connectivity index (χ0) is 22.3. The quantitative estimate of drug-likeness (QED) is 0.329. The van der Waals surface area contributed by atoms with Crippen LogP contribution in [0.4, 0.5) is 10.8 Å². The van der Waals surface area contributed by atoms with Crippen LogP contribution in [-0.4, -0.2) is 22.6 Å². The summed E-state index contributed by atoms with van der Waals surface area (Å²) < 4.78 is 1.02. The number of hydrogen-bond acceptors (Lipinski definition) is 5. The number of nitrogens with zero attached hydrogens (tertiary/aromatic N) is 1. The van der Waals surface area contributed by atoms with Crippen molar-refractivity contribution in [1.82, 2.24) is 4.98 Å². The number of carbonyl (C=O) groups is 2. The van der Waals surface area contributed by atoms with E-state index in [0.29, 0.717) is 10.9 Å². The zero-order valence-electron chi connectivity index (χ0n) is 17.5. The summed E-state index contributed by atoms with van der Waals surface area (Å²) in [5, 5.41) is 8.42. The van der Waals surface area contributed by atoms with Crippen LogP contribution in [0.1, 0.15) is 32.1 Å². The third kappa shape index (κ3) is 6.43. The molecule has 0 aliphatic heterocycles. The number of rotatable bonds is 7. The summed E-state index contributed by atoms with van der Waals surface area (Å²) in [7, 11) is 0. The molecule has 0 bridgehead atoms. The van der Waals surface area contributed by atoms with Gasteiger partial charge in [-0.05, 0) is 49.2 Å². The van der Waals surface area contributed by atoms with E-state index < -0.39 is 0 Å². The lowest BCUT2D eigenvalue weighted by Crippen LogP contribution is -2.24. The molecule has 2 N–H and O–H groups in total. The monoisotopic (exact) mass is 529 g/mol. The van der Waals surface area contributed by atoms with Crippen LogP contribution >= 0.6 is 39.0 Å². The number of benzene rings is 2. The minimum Gasteiger partial charge on any atom is -0.326 e. The molecule has 1 heterocycles. The van der Waals surface area contributed by atoms with Gasteiger partial charge in [0.2, 0.25) is 11.8 Å². The molecule has 32 heavy (non-hydrogen) atoms. The number of halogens is 1. The van der Waals surface area contributed by atoms with Gasteiger partial charge in [-0.15, -0.1) is 23.1 Å². The normalized spacial score (nSPS) is 14.2. The van der Waals surface area contributed by atoms with E-state index in [9.17, 15) is 9.59 Å². The Balaban J connectivity index is 1.24. The zero-order valence-corrected chi connectivity index (χ0v) is 20.7. The van der Waals surface area contributed by atoms with E-state index in [1.54, 1.807) is 0 Å². The van der Waals surface area contributed by atoms with Crippen molar-refractivity contribution in [3.05, 3.63) is 58.4 Å². The first-order valence-electron chi connectivity index (χ1n) is 10.6. The average Bonchev–Trinajstić information content (AvgIpc) is 3.28. The Morgan fingerprint density at radius 2 is 1.72 bits per heavy atom. The van der Waals surface area contributed by atoms with E-state index in [1.165, 1.54) is 29.5 Å². The lowest BCUT2D eigenvalue weighted by atomic mass is 9.88. The van der Waals surface area contributed by atoms with Crippen molar-refractivity contribution in [2.45, 2.75) is 37.0 Å². The molecule has 1 aliphatic rings. The maximum Gasteiger partial charge on any atom is 0.236 e. The fourth-order valence-electron chi connectivity index (χ4n) is 3.63. The fourth-order valence-corrected chi connectivity index (χ4v) is 5.33. The van der Waals surface area contributed by atoms with Crippen molar-refractivity contribution in [3.8, 4) is 11.3 Å². The number of thiazole rings is 1. The molecule has 0 atom stereocenters. The third-order valence-corrected chi connectivity index (χ3v) is 7.66. The Bertz CT molecular complexity index is 1060. The van der Waals surface area contributed by atoms with Gasteiger partial charge in [0.1, 0.15) is 0 Å². The van der Waals surface area contributed by atoms with Crippen molar-refractivity contribution >= 4 is 61.7 Å². The van der Waals surface area contributed by atoms with Gasteiger partial charge in [-0.3, -0.25) is 9.59 Å². The van der Waals surface area contributed by atoms with E-state index in [4.69, 9.17) is 0 Å². The van der Waals surface area contributed by atoms with Gasteiger partial charge in [-0.25, -0.2) is 4.98 Å². The average molecular weight is 531 g/mol. The van der Waals surface area contributed by atoms with Gasteiger partial charge in [0.05, 0.1) is 11.4 Å². The number of carbonyl (C=O) groups excluding carboxylic acids is 2. The van der Waals surface area contributed by atoms with Crippen molar-refractivity contribution in [2.75, 3.05) is 16.4 Å². The standard InChI is InChI=1S/C24H24BrN3O2S2/c25-18-8-6-16(7-9-18)21-14-32-24(27-21)28-22(29)15-31-20-12-10-19(11-13-20)26-23(30)17-4-2-1-3-5-17/h6-14,17H,1-5,15H2,(H,26,30)(H,27,28,29). The van der Waals surface area contributed by atoms with Crippen LogP contribution < -0.4 is 10.6 Å². The lowest BCUT2D eigenvalue weighted by Gasteiger charge is -2.20. The van der Waals surface area contributed by atoms with Crippen molar-refractivity contribution in [2.24, 2.45) is 5.92 Å². The Labute approximate surface area is 204 Å². The summed E-state index contributed by atoms with van der Waals surface area (Å²) in [5.74, 6) is 0.453. The molecule has 1 aromatic heterocycles. The summed E-state index contributed by atoms with van der Waals surface area (Å²) in [6.07, 6.45) is 5.49. The number of nitrogens with one attached hydrogen (secondary N) is 2. The van der Waals surface area contributed by atoms with Crippen LogP contribution in [0.15, 0.2) is 63.3 Å². The molecular weight excluding hydrogens is 506 g/mol. The second-order valence-electron chi connectivity index (χ2n) is 7.73. The number of aromatic nitrogens is 1. The molecule has 0 unspecified atom stereocenters. The van der Waals surface area contributed by atoms with Gasteiger partial charge in [0, 0.05) is 31.9 Å². The lowest BCUT2D eigenvalue weighted by molar-refractivity contribution is -0.120. The number of amides is 2. The molecule has 166 valence electrons. The summed E-state index contributed by atoms with van der Waals surface area (Å²) in [6.45, 7) is 0. The van der Waals surface area contributed by atoms with Crippen molar-refractivity contribution < 1.29 is 9.59 Å². The second kappa shape index (κ2) is 11.1. The fraction of sp³-hybridized carbons (Fsp3) is 0.292. The highest BCUT2D eigenvalue weighted by atomic mass is 79.9. The SMILES string of the molecule is O=C(CSc1ccc(NC(=O)C2CCCCC2)cc1)Nc1nc(-c2ccc(Br)cc2)cs1.